The molecule has 1 unspecified atom stereocenters. The van der Waals surface area contributed by atoms with Crippen LogP contribution < -0.4 is 9.80 Å². The van der Waals surface area contributed by atoms with E-state index in [-0.39, 0.29) is 5.92 Å². The van der Waals surface area contributed by atoms with E-state index in [2.05, 4.69) is 251 Å². The summed E-state index contributed by atoms with van der Waals surface area (Å²) < 4.78 is 0. The molecular formula is C57H52N2. The summed E-state index contributed by atoms with van der Waals surface area (Å²) in [6, 6.07) is 52.7. The van der Waals surface area contributed by atoms with E-state index in [0.717, 1.165) is 23.4 Å². The maximum atomic E-state index is 2.41. The monoisotopic (exact) mass is 764 g/mol. The molecular weight excluding hydrogens is 713 g/mol. The van der Waals surface area contributed by atoms with Crippen LogP contribution in [-0.2, 0) is 0 Å². The fourth-order valence-corrected chi connectivity index (χ4v) is 8.26. The predicted octanol–water partition coefficient (Wildman–Crippen LogP) is 15.2. The van der Waals surface area contributed by atoms with Gasteiger partial charge in [0.05, 0.1) is 0 Å². The minimum absolute atomic E-state index is 0.212. The van der Waals surface area contributed by atoms with Crippen molar-refractivity contribution < 1.29 is 0 Å². The van der Waals surface area contributed by atoms with Gasteiger partial charge in [0, 0.05) is 46.1 Å². The third-order valence-electron chi connectivity index (χ3n) is 11.3. The highest BCUT2D eigenvalue weighted by molar-refractivity contribution is 5.83. The lowest BCUT2D eigenvalue weighted by Crippen LogP contribution is -2.26. The first kappa shape index (κ1) is 38.9. The highest BCUT2D eigenvalue weighted by Gasteiger charge is 2.28. The molecule has 0 N–H and O–H groups in total. The van der Waals surface area contributed by atoms with Gasteiger partial charge in [-0.05, 0) is 122 Å². The number of anilines is 4. The summed E-state index contributed by atoms with van der Waals surface area (Å²) in [5.74, 6) is 0.212. The minimum atomic E-state index is 0.212. The zero-order valence-electron chi connectivity index (χ0n) is 34.8. The average molecular weight is 765 g/mol. The van der Waals surface area contributed by atoms with Gasteiger partial charge in [-0.15, -0.1) is 0 Å². The molecule has 59 heavy (non-hydrogen) atoms. The average Bonchev–Trinajstić information content (AvgIpc) is 3.26. The lowest BCUT2D eigenvalue weighted by atomic mass is 9.80. The molecule has 1 atom stereocenters. The zero-order valence-corrected chi connectivity index (χ0v) is 34.8. The fraction of sp³-hybridized carbons (Fsp3) is 0.123. The molecule has 2 aliphatic carbocycles. The Hall–Kier alpha value is -6.90. The molecule has 0 saturated carbocycles. The van der Waals surface area contributed by atoms with E-state index >= 15 is 0 Å². The van der Waals surface area contributed by atoms with Crippen LogP contribution in [0.3, 0.4) is 0 Å². The summed E-state index contributed by atoms with van der Waals surface area (Å²) in [6.07, 6.45) is 23.5. The smallest absolute Gasteiger partial charge is 0.0491 e. The maximum absolute atomic E-state index is 2.41. The van der Waals surface area contributed by atoms with Crippen molar-refractivity contribution in [2.24, 2.45) is 5.92 Å². The molecule has 0 aliphatic heterocycles. The fourth-order valence-electron chi connectivity index (χ4n) is 8.26. The van der Waals surface area contributed by atoms with Crippen molar-refractivity contribution >= 4 is 34.4 Å². The molecule has 2 aliphatic rings. The summed E-state index contributed by atoms with van der Waals surface area (Å²) in [6.45, 7) is 10.9. The van der Waals surface area contributed by atoms with Gasteiger partial charge in [0.1, 0.15) is 0 Å². The number of benzene rings is 6. The molecule has 2 heteroatoms. The van der Waals surface area contributed by atoms with Crippen molar-refractivity contribution in [1.82, 2.24) is 0 Å². The zero-order chi connectivity index (χ0) is 40.7. The summed E-state index contributed by atoms with van der Waals surface area (Å²) in [4.78, 5) is 4.80. The van der Waals surface area contributed by atoms with Gasteiger partial charge in [-0.1, -0.05) is 174 Å². The number of fused-ring (bicyclic) bond motifs is 1. The molecule has 0 fully saturated rings. The third kappa shape index (κ3) is 8.83. The van der Waals surface area contributed by atoms with Gasteiger partial charge in [-0.25, -0.2) is 0 Å². The topological polar surface area (TPSA) is 6.48 Å². The lowest BCUT2D eigenvalue weighted by Gasteiger charge is -2.35. The van der Waals surface area contributed by atoms with Gasteiger partial charge >= 0.3 is 0 Å². The number of aryl methyl sites for hydroxylation is 5. The second-order valence-electron chi connectivity index (χ2n) is 15.8. The van der Waals surface area contributed by atoms with Crippen molar-refractivity contribution in [3.8, 4) is 0 Å². The van der Waals surface area contributed by atoms with Crippen LogP contribution in [0.25, 0.3) is 11.6 Å². The molecule has 0 bridgehead atoms. The van der Waals surface area contributed by atoms with Crippen molar-refractivity contribution in [2.75, 3.05) is 9.80 Å². The normalized spacial score (nSPS) is 14.7. The molecule has 0 radical (unpaired) electrons. The molecule has 0 spiro atoms. The van der Waals surface area contributed by atoms with E-state index in [4.69, 9.17) is 0 Å². The highest BCUT2D eigenvalue weighted by Crippen LogP contribution is 2.42. The van der Waals surface area contributed by atoms with Crippen molar-refractivity contribution in [3.05, 3.63) is 262 Å². The van der Waals surface area contributed by atoms with Crippen molar-refractivity contribution in [1.29, 1.82) is 0 Å². The largest absolute Gasteiger partial charge is 0.320 e. The Morgan fingerprint density at radius 1 is 0.542 bits per heavy atom. The first-order valence-corrected chi connectivity index (χ1v) is 20.7. The number of nitrogens with zero attached hydrogens (tertiary/aromatic N) is 2. The number of allylic oxidation sites excluding steroid dienone is 10. The summed E-state index contributed by atoms with van der Waals surface area (Å²) >= 11 is 0. The maximum Gasteiger partial charge on any atom is 0.0491 e. The van der Waals surface area contributed by atoms with Crippen molar-refractivity contribution in [2.45, 2.75) is 41.0 Å². The van der Waals surface area contributed by atoms with Crippen LogP contribution in [-0.4, -0.2) is 0 Å². The van der Waals surface area contributed by atoms with E-state index in [9.17, 15) is 0 Å². The minimum Gasteiger partial charge on any atom is -0.320 e. The first-order chi connectivity index (χ1) is 28.8. The highest BCUT2D eigenvalue weighted by atomic mass is 15.1. The Morgan fingerprint density at radius 3 is 1.69 bits per heavy atom. The van der Waals surface area contributed by atoms with Gasteiger partial charge in [-0.3, -0.25) is 0 Å². The van der Waals surface area contributed by atoms with Gasteiger partial charge in [0.2, 0.25) is 0 Å². The van der Waals surface area contributed by atoms with Crippen LogP contribution in [0.1, 0.15) is 50.9 Å². The standard InChI is InChI=1S/C57H52N2/c1-41-24-31-50(32-25-41)58(40-54(47-17-8-6-9-18-47)48-19-10-7-11-20-48)57-37-30-49(52-22-14-15-23-53(52)57)21-13-12-16-46-28-33-51(34-29-46)59(55-35-26-42(2)38-44(55)4)56-36-27-43(3)39-45(56)5/h6-22,24-40,53H,23H2,1-5H3/b16-12+,21-13+. The van der Waals surface area contributed by atoms with Crippen LogP contribution in [0.4, 0.5) is 22.7 Å². The molecule has 8 rings (SSSR count). The van der Waals surface area contributed by atoms with E-state index < -0.39 is 0 Å². The summed E-state index contributed by atoms with van der Waals surface area (Å²) in [5, 5.41) is 0. The SMILES string of the molecule is Cc1ccc(N(C=C(c2ccccc2)c2ccccc2)C2=CC=C(/C=C/C=C/c3ccc(N(c4ccc(C)cc4C)c4ccc(C)cc4C)cc3)C3=CC=CCC32)cc1. The lowest BCUT2D eigenvalue weighted by molar-refractivity contribution is 0.701. The Morgan fingerprint density at radius 2 is 1.10 bits per heavy atom. The number of hydrogen-bond acceptors (Lipinski definition) is 2. The molecule has 6 aromatic carbocycles. The molecule has 290 valence electrons. The predicted molar refractivity (Wildman–Crippen MR) is 253 cm³/mol. The quantitative estimate of drug-likeness (QED) is 0.121. The van der Waals surface area contributed by atoms with Crippen LogP contribution in [0.5, 0.6) is 0 Å². The van der Waals surface area contributed by atoms with E-state index in [1.807, 2.05) is 0 Å². The molecule has 0 aromatic heterocycles. The Balaban J connectivity index is 1.09. The number of rotatable bonds is 11. The Labute approximate surface area is 351 Å². The van der Waals surface area contributed by atoms with Crippen LogP contribution in [0.2, 0.25) is 0 Å². The Kier molecular flexibility index (Phi) is 11.7. The van der Waals surface area contributed by atoms with Crippen LogP contribution >= 0.6 is 0 Å². The van der Waals surface area contributed by atoms with Crippen LogP contribution in [0, 0.1) is 40.5 Å². The van der Waals surface area contributed by atoms with Gasteiger partial charge in [-0.2, -0.15) is 0 Å². The second kappa shape index (κ2) is 17.7. The Bertz CT molecular complexity index is 2560. The third-order valence-corrected chi connectivity index (χ3v) is 11.3. The van der Waals surface area contributed by atoms with E-state index in [1.54, 1.807) is 0 Å². The number of hydrogen-bond donors (Lipinski definition) is 0. The van der Waals surface area contributed by atoms with Crippen LogP contribution in [0.15, 0.2) is 217 Å². The molecule has 0 amide bonds. The van der Waals surface area contributed by atoms with E-state index in [0.29, 0.717) is 0 Å². The molecule has 6 aromatic rings. The molecule has 2 nitrogen and oxygen atoms in total. The first-order valence-electron chi connectivity index (χ1n) is 20.7. The summed E-state index contributed by atoms with van der Waals surface area (Å²) in [7, 11) is 0. The van der Waals surface area contributed by atoms with Gasteiger partial charge in [0.15, 0.2) is 0 Å². The van der Waals surface area contributed by atoms with Crippen molar-refractivity contribution in [3.63, 3.8) is 0 Å². The molecule has 0 saturated heterocycles. The van der Waals surface area contributed by atoms with Gasteiger partial charge < -0.3 is 9.80 Å². The molecule has 0 heterocycles. The summed E-state index contributed by atoms with van der Waals surface area (Å²) in [5.41, 5.74) is 19.5. The second-order valence-corrected chi connectivity index (χ2v) is 15.8. The van der Waals surface area contributed by atoms with E-state index in [1.165, 1.54) is 72.7 Å². The van der Waals surface area contributed by atoms with Gasteiger partial charge in [0.25, 0.3) is 0 Å².